The highest BCUT2D eigenvalue weighted by Gasteiger charge is 2.49. The highest BCUT2D eigenvalue weighted by molar-refractivity contribution is 8.16. The number of amidine groups is 1. The third kappa shape index (κ3) is 3.23. The molecule has 23 heavy (non-hydrogen) atoms. The van der Waals surface area contributed by atoms with Gasteiger partial charge in [0.25, 0.3) is 5.91 Å². The molecule has 3 rings (SSSR count). The van der Waals surface area contributed by atoms with Crippen LogP contribution in [-0.2, 0) is 14.6 Å². The number of fused-ring (bicyclic) bond motifs is 1. The van der Waals surface area contributed by atoms with E-state index in [0.29, 0.717) is 10.9 Å². The van der Waals surface area contributed by atoms with Crippen LogP contribution >= 0.6 is 11.8 Å². The Balaban J connectivity index is 1.99. The van der Waals surface area contributed by atoms with Gasteiger partial charge < -0.3 is 4.90 Å². The van der Waals surface area contributed by atoms with Crippen LogP contribution in [0.2, 0.25) is 0 Å². The lowest BCUT2D eigenvalue weighted by Gasteiger charge is -2.24. The number of carbonyl (C=O) groups is 1. The molecule has 0 saturated carbocycles. The van der Waals surface area contributed by atoms with E-state index in [9.17, 15) is 17.6 Å². The highest BCUT2D eigenvalue weighted by Crippen LogP contribution is 2.40. The Morgan fingerprint density at radius 1 is 1.39 bits per heavy atom. The van der Waals surface area contributed by atoms with Crippen LogP contribution in [0.15, 0.2) is 29.3 Å². The smallest absolute Gasteiger partial charge is 0.262 e. The predicted molar refractivity (Wildman–Crippen MR) is 85.4 cm³/mol. The predicted octanol–water partition coefficient (Wildman–Crippen LogP) is 1.34. The molecule has 1 aromatic carbocycles. The van der Waals surface area contributed by atoms with Gasteiger partial charge in [0.2, 0.25) is 0 Å². The molecule has 2 fully saturated rings. The van der Waals surface area contributed by atoms with Crippen molar-refractivity contribution in [3.63, 3.8) is 0 Å². The van der Waals surface area contributed by atoms with E-state index in [0.717, 1.165) is 0 Å². The molecule has 0 aliphatic carbocycles. The summed E-state index contributed by atoms with van der Waals surface area (Å²) in [6.45, 7) is 0. The lowest BCUT2D eigenvalue weighted by atomic mass is 10.2. The summed E-state index contributed by atoms with van der Waals surface area (Å²) in [6, 6.07) is 6.98. The molecule has 120 valence electrons. The molecule has 6 nitrogen and oxygen atoms in total. The van der Waals surface area contributed by atoms with Crippen LogP contribution in [0.25, 0.3) is 0 Å². The first-order chi connectivity index (χ1) is 10.9. The van der Waals surface area contributed by atoms with Gasteiger partial charge in [0.15, 0.2) is 15.0 Å². The molecule has 2 heterocycles. The molecule has 2 atom stereocenters. The summed E-state index contributed by atoms with van der Waals surface area (Å²) >= 11 is 1.22. The number of aliphatic imine (C=N–C) groups is 1. The Bertz CT molecular complexity index is 815. The van der Waals surface area contributed by atoms with Gasteiger partial charge in [-0.2, -0.15) is 10.3 Å². The van der Waals surface area contributed by atoms with Crippen LogP contribution in [0.3, 0.4) is 0 Å². The molecule has 1 amide bonds. The molecule has 0 bridgehead atoms. The molecule has 2 aliphatic heterocycles. The van der Waals surface area contributed by atoms with Gasteiger partial charge >= 0.3 is 0 Å². The molecule has 9 heteroatoms. The number of benzene rings is 1. The van der Waals surface area contributed by atoms with Gasteiger partial charge in [0, 0.05) is 10.9 Å². The van der Waals surface area contributed by atoms with Gasteiger partial charge in [0.1, 0.15) is 12.2 Å². The van der Waals surface area contributed by atoms with Gasteiger partial charge in [0.05, 0.1) is 23.6 Å². The van der Waals surface area contributed by atoms with E-state index in [1.54, 1.807) is 11.0 Å². The molecular formula is C14H12FN3O3S2. The molecular weight excluding hydrogens is 341 g/mol. The number of amides is 1. The van der Waals surface area contributed by atoms with E-state index in [1.807, 2.05) is 0 Å². The van der Waals surface area contributed by atoms with Crippen molar-refractivity contribution in [2.24, 2.45) is 4.99 Å². The van der Waals surface area contributed by atoms with Crippen LogP contribution in [0.5, 0.6) is 0 Å². The van der Waals surface area contributed by atoms with E-state index in [4.69, 9.17) is 5.26 Å². The standard InChI is InChI=1S/C14H12FN3O3S2/c15-9-1-3-10(4-2-9)18-11-7-23(20,21)8-12(11)22-14(18)17-13(19)5-6-16/h1-4,11-12H,5,7-8H2. The van der Waals surface area contributed by atoms with E-state index >= 15 is 0 Å². The summed E-state index contributed by atoms with van der Waals surface area (Å²) in [5.41, 5.74) is 0.576. The summed E-state index contributed by atoms with van der Waals surface area (Å²) < 4.78 is 36.8. The Morgan fingerprint density at radius 3 is 2.74 bits per heavy atom. The topological polar surface area (TPSA) is 90.6 Å². The SMILES string of the molecule is N#CCC(=O)N=C1SC2CS(=O)(=O)CC2N1c1ccc(F)cc1. The van der Waals surface area contributed by atoms with E-state index in [1.165, 1.54) is 36.0 Å². The Hall–Kier alpha value is -1.92. The average molecular weight is 353 g/mol. The van der Waals surface area contributed by atoms with Crippen molar-refractivity contribution < 1.29 is 17.6 Å². The number of halogens is 1. The zero-order valence-corrected chi connectivity index (χ0v) is 13.5. The average Bonchev–Trinajstić information content (AvgIpc) is 2.91. The van der Waals surface area contributed by atoms with Crippen LogP contribution in [0, 0.1) is 17.1 Å². The zero-order valence-electron chi connectivity index (χ0n) is 11.8. The molecule has 2 saturated heterocycles. The van der Waals surface area contributed by atoms with Crippen molar-refractivity contribution in [2.45, 2.75) is 17.7 Å². The first kappa shape index (κ1) is 16.0. The maximum Gasteiger partial charge on any atom is 0.262 e. The summed E-state index contributed by atoms with van der Waals surface area (Å²) in [5.74, 6) is -1.00. The number of hydrogen-bond acceptors (Lipinski definition) is 5. The minimum Gasteiger partial charge on any atom is -0.316 e. The molecule has 0 N–H and O–H groups in total. The normalized spacial score (nSPS) is 27.0. The van der Waals surface area contributed by atoms with Crippen LogP contribution in [-0.4, -0.2) is 42.3 Å². The number of hydrogen-bond donors (Lipinski definition) is 0. The number of thioether (sulfide) groups is 1. The number of anilines is 1. The first-order valence-electron chi connectivity index (χ1n) is 6.80. The molecule has 2 unspecified atom stereocenters. The van der Waals surface area contributed by atoms with Gasteiger partial charge in [-0.15, -0.1) is 0 Å². The first-order valence-corrected chi connectivity index (χ1v) is 9.50. The van der Waals surface area contributed by atoms with Crippen LogP contribution < -0.4 is 4.90 Å². The number of nitriles is 1. The Kier molecular flexibility index (Phi) is 4.12. The van der Waals surface area contributed by atoms with E-state index in [2.05, 4.69) is 4.99 Å². The third-order valence-electron chi connectivity index (χ3n) is 3.62. The third-order valence-corrected chi connectivity index (χ3v) is 6.83. The zero-order chi connectivity index (χ0) is 16.6. The molecule has 0 radical (unpaired) electrons. The maximum atomic E-state index is 13.1. The monoisotopic (exact) mass is 353 g/mol. The van der Waals surface area contributed by atoms with Gasteiger partial charge in [-0.25, -0.2) is 12.8 Å². The summed E-state index contributed by atoms with van der Waals surface area (Å²) in [7, 11) is -3.15. The minimum atomic E-state index is -3.15. The van der Waals surface area contributed by atoms with Crippen molar-refractivity contribution in [2.75, 3.05) is 16.4 Å². The van der Waals surface area contributed by atoms with Crippen molar-refractivity contribution in [1.29, 1.82) is 5.26 Å². The highest BCUT2D eigenvalue weighted by atomic mass is 32.2. The van der Waals surface area contributed by atoms with Crippen LogP contribution in [0.4, 0.5) is 10.1 Å². The number of carbonyl (C=O) groups excluding carboxylic acids is 1. The summed E-state index contributed by atoms with van der Waals surface area (Å²) in [4.78, 5) is 17.2. The minimum absolute atomic E-state index is 0.0193. The van der Waals surface area contributed by atoms with Gasteiger partial charge in [-0.1, -0.05) is 11.8 Å². The Morgan fingerprint density at radius 2 is 2.09 bits per heavy atom. The molecule has 1 aromatic rings. The van der Waals surface area contributed by atoms with Gasteiger partial charge in [-0.05, 0) is 24.3 Å². The molecule has 2 aliphatic rings. The van der Waals surface area contributed by atoms with Crippen LogP contribution in [0.1, 0.15) is 6.42 Å². The summed E-state index contributed by atoms with van der Waals surface area (Å²) in [5, 5.41) is 8.71. The quantitative estimate of drug-likeness (QED) is 0.797. The lowest BCUT2D eigenvalue weighted by Crippen LogP contribution is -2.37. The fourth-order valence-electron chi connectivity index (χ4n) is 2.68. The number of sulfone groups is 1. The fraction of sp³-hybridized carbons (Fsp3) is 0.357. The maximum absolute atomic E-state index is 13.1. The van der Waals surface area contributed by atoms with Crippen molar-refractivity contribution >= 4 is 38.4 Å². The number of rotatable bonds is 2. The second kappa shape index (κ2) is 5.94. The molecule has 0 aromatic heterocycles. The second-order valence-electron chi connectivity index (χ2n) is 5.27. The van der Waals surface area contributed by atoms with Crippen molar-refractivity contribution in [1.82, 2.24) is 0 Å². The summed E-state index contributed by atoms with van der Waals surface area (Å²) in [6.07, 6.45) is -0.338. The second-order valence-corrected chi connectivity index (χ2v) is 8.63. The lowest BCUT2D eigenvalue weighted by molar-refractivity contribution is -0.116. The largest absolute Gasteiger partial charge is 0.316 e. The van der Waals surface area contributed by atoms with Crippen molar-refractivity contribution in [3.8, 4) is 6.07 Å². The van der Waals surface area contributed by atoms with Crippen molar-refractivity contribution in [3.05, 3.63) is 30.1 Å². The molecule has 0 spiro atoms. The van der Waals surface area contributed by atoms with E-state index < -0.39 is 21.6 Å². The Labute approximate surface area is 136 Å². The number of nitrogens with zero attached hydrogens (tertiary/aromatic N) is 3. The van der Waals surface area contributed by atoms with E-state index in [-0.39, 0.29) is 29.2 Å². The van der Waals surface area contributed by atoms with Gasteiger partial charge in [-0.3, -0.25) is 4.79 Å². The fourth-order valence-corrected chi connectivity index (χ4v) is 6.61.